The van der Waals surface area contributed by atoms with E-state index in [0.717, 1.165) is 38.5 Å². The number of nitrogens with zero attached hydrogens (tertiary/aromatic N) is 2. The number of likely N-dealkylation sites (tertiary alicyclic amines) is 1. The molecule has 2 aliphatic rings. The summed E-state index contributed by atoms with van der Waals surface area (Å²) in [4.78, 5) is 17.9. The molecule has 2 heterocycles. The largest absolute Gasteiger partial charge is 0.342 e. The highest BCUT2D eigenvalue weighted by molar-refractivity contribution is 5.82. The van der Waals surface area contributed by atoms with Crippen LogP contribution in [0.5, 0.6) is 0 Å². The molecule has 0 aromatic heterocycles. The second-order valence-corrected chi connectivity index (χ2v) is 9.99. The van der Waals surface area contributed by atoms with Crippen LogP contribution in [0, 0.1) is 22.7 Å². The summed E-state index contributed by atoms with van der Waals surface area (Å²) in [7, 11) is 0. The number of hydrogen-bond donors (Lipinski definition) is 1. The highest BCUT2D eigenvalue weighted by Crippen LogP contribution is 2.40. The van der Waals surface area contributed by atoms with Crippen LogP contribution in [0.15, 0.2) is 0 Å². The van der Waals surface area contributed by atoms with Crippen molar-refractivity contribution in [2.75, 3.05) is 45.8 Å². The standard InChI is InChI=1S/C21H41N3O/c1-17(2)20(3,4)16-21(5,6)19(25)24-11-7-18(8-12-24)15-23-13-9-22-10-14-23/h17-18,22H,7-16H2,1-6H3. The first-order valence-corrected chi connectivity index (χ1v) is 10.3. The van der Waals surface area contributed by atoms with Gasteiger partial charge in [0.1, 0.15) is 0 Å². The van der Waals surface area contributed by atoms with Gasteiger partial charge in [0, 0.05) is 51.2 Å². The normalized spacial score (nSPS) is 21.8. The lowest BCUT2D eigenvalue weighted by Crippen LogP contribution is -2.49. The minimum atomic E-state index is -0.265. The molecule has 2 aliphatic heterocycles. The molecule has 146 valence electrons. The Balaban J connectivity index is 1.83. The SMILES string of the molecule is CC(C)C(C)(C)CC(C)(C)C(=O)N1CCC(CN2CCNCC2)CC1. The molecule has 0 atom stereocenters. The molecule has 2 rings (SSSR count). The second-order valence-electron chi connectivity index (χ2n) is 9.99. The van der Waals surface area contributed by atoms with Crippen molar-refractivity contribution in [1.29, 1.82) is 0 Å². The van der Waals surface area contributed by atoms with Crippen molar-refractivity contribution in [3.63, 3.8) is 0 Å². The fourth-order valence-corrected chi connectivity index (χ4v) is 4.42. The molecule has 0 bridgehead atoms. The van der Waals surface area contributed by atoms with Gasteiger partial charge in [0.2, 0.25) is 5.91 Å². The minimum Gasteiger partial charge on any atom is -0.342 e. The van der Waals surface area contributed by atoms with Crippen molar-refractivity contribution in [2.45, 2.75) is 60.8 Å². The molecule has 25 heavy (non-hydrogen) atoms. The monoisotopic (exact) mass is 351 g/mol. The van der Waals surface area contributed by atoms with Crippen molar-refractivity contribution in [2.24, 2.45) is 22.7 Å². The fraction of sp³-hybridized carbons (Fsp3) is 0.952. The molecular formula is C21H41N3O. The van der Waals surface area contributed by atoms with Crippen LogP contribution in [-0.2, 0) is 4.79 Å². The summed E-state index contributed by atoms with van der Waals surface area (Å²) in [5.74, 6) is 1.71. The molecule has 4 nitrogen and oxygen atoms in total. The molecule has 0 aromatic rings. The minimum absolute atomic E-state index is 0.194. The van der Waals surface area contributed by atoms with Gasteiger partial charge >= 0.3 is 0 Å². The van der Waals surface area contributed by atoms with E-state index in [-0.39, 0.29) is 10.8 Å². The molecule has 0 spiro atoms. The van der Waals surface area contributed by atoms with E-state index in [2.05, 4.69) is 56.7 Å². The summed E-state index contributed by atoms with van der Waals surface area (Å²) >= 11 is 0. The van der Waals surface area contributed by atoms with Crippen LogP contribution in [0.4, 0.5) is 0 Å². The van der Waals surface area contributed by atoms with Crippen LogP contribution in [-0.4, -0.2) is 61.5 Å². The first-order valence-electron chi connectivity index (χ1n) is 10.3. The van der Waals surface area contributed by atoms with Crippen LogP contribution in [0.1, 0.15) is 60.8 Å². The lowest BCUT2D eigenvalue weighted by atomic mass is 9.69. The molecule has 2 fully saturated rings. The number of piperazine rings is 1. The average molecular weight is 352 g/mol. The number of nitrogens with one attached hydrogen (secondary N) is 1. The third-order valence-electron chi connectivity index (χ3n) is 6.67. The lowest BCUT2D eigenvalue weighted by molar-refractivity contribution is -0.144. The van der Waals surface area contributed by atoms with Crippen molar-refractivity contribution >= 4 is 5.91 Å². The third kappa shape index (κ3) is 5.68. The van der Waals surface area contributed by atoms with Gasteiger partial charge in [-0.2, -0.15) is 0 Å². The summed E-state index contributed by atoms with van der Waals surface area (Å²) in [6.45, 7) is 21.1. The van der Waals surface area contributed by atoms with E-state index in [1.807, 2.05) is 0 Å². The number of carbonyl (C=O) groups excluding carboxylic acids is 1. The summed E-state index contributed by atoms with van der Waals surface area (Å²) in [5, 5.41) is 3.42. The predicted octanol–water partition coefficient (Wildman–Crippen LogP) is 3.23. The predicted molar refractivity (Wildman–Crippen MR) is 106 cm³/mol. The number of rotatable bonds is 6. The summed E-state index contributed by atoms with van der Waals surface area (Å²) in [6.07, 6.45) is 3.29. The lowest BCUT2D eigenvalue weighted by Gasteiger charge is -2.42. The Morgan fingerprint density at radius 2 is 1.60 bits per heavy atom. The van der Waals surface area contributed by atoms with Crippen LogP contribution < -0.4 is 5.32 Å². The van der Waals surface area contributed by atoms with Gasteiger partial charge in [-0.15, -0.1) is 0 Å². The highest BCUT2D eigenvalue weighted by atomic mass is 16.2. The average Bonchev–Trinajstić information content (AvgIpc) is 2.55. The zero-order valence-electron chi connectivity index (χ0n) is 17.5. The molecule has 0 radical (unpaired) electrons. The molecule has 0 aliphatic carbocycles. The van der Waals surface area contributed by atoms with Crippen LogP contribution >= 0.6 is 0 Å². The Labute approximate surface area is 155 Å². The van der Waals surface area contributed by atoms with Gasteiger partial charge in [-0.3, -0.25) is 4.79 Å². The maximum Gasteiger partial charge on any atom is 0.228 e. The molecular weight excluding hydrogens is 310 g/mol. The van der Waals surface area contributed by atoms with Gasteiger partial charge < -0.3 is 15.1 Å². The Morgan fingerprint density at radius 1 is 1.04 bits per heavy atom. The Kier molecular flexibility index (Phi) is 6.94. The summed E-state index contributed by atoms with van der Waals surface area (Å²) in [5.41, 5.74) is -0.0705. The van der Waals surface area contributed by atoms with Gasteiger partial charge in [-0.1, -0.05) is 41.5 Å². The summed E-state index contributed by atoms with van der Waals surface area (Å²) < 4.78 is 0. The topological polar surface area (TPSA) is 35.6 Å². The van der Waals surface area contributed by atoms with Crippen LogP contribution in [0.2, 0.25) is 0 Å². The van der Waals surface area contributed by atoms with E-state index in [1.165, 1.54) is 32.5 Å². The van der Waals surface area contributed by atoms with Crippen molar-refractivity contribution < 1.29 is 4.79 Å². The molecule has 4 heteroatoms. The summed E-state index contributed by atoms with van der Waals surface area (Å²) in [6, 6.07) is 0. The molecule has 0 saturated carbocycles. The maximum absolute atomic E-state index is 13.1. The molecule has 1 N–H and O–H groups in total. The second kappa shape index (κ2) is 8.39. The highest BCUT2D eigenvalue weighted by Gasteiger charge is 2.39. The van der Waals surface area contributed by atoms with E-state index in [1.54, 1.807) is 0 Å². The maximum atomic E-state index is 13.1. The van der Waals surface area contributed by atoms with E-state index in [9.17, 15) is 4.79 Å². The molecule has 2 saturated heterocycles. The van der Waals surface area contributed by atoms with Crippen molar-refractivity contribution in [3.05, 3.63) is 0 Å². The Bertz CT molecular complexity index is 430. The van der Waals surface area contributed by atoms with Gasteiger partial charge in [-0.25, -0.2) is 0 Å². The third-order valence-corrected chi connectivity index (χ3v) is 6.67. The van der Waals surface area contributed by atoms with Gasteiger partial charge in [-0.05, 0) is 36.5 Å². The van der Waals surface area contributed by atoms with E-state index in [4.69, 9.17) is 0 Å². The number of amides is 1. The molecule has 0 aromatic carbocycles. The molecule has 1 amide bonds. The van der Waals surface area contributed by atoms with E-state index < -0.39 is 0 Å². The number of carbonyl (C=O) groups is 1. The van der Waals surface area contributed by atoms with Crippen LogP contribution in [0.25, 0.3) is 0 Å². The Hall–Kier alpha value is -0.610. The quantitative estimate of drug-likeness (QED) is 0.798. The first kappa shape index (κ1) is 20.7. The molecule has 0 unspecified atom stereocenters. The van der Waals surface area contributed by atoms with Crippen molar-refractivity contribution in [1.82, 2.24) is 15.1 Å². The smallest absolute Gasteiger partial charge is 0.228 e. The zero-order valence-corrected chi connectivity index (χ0v) is 17.5. The van der Waals surface area contributed by atoms with Gasteiger partial charge in [0.25, 0.3) is 0 Å². The van der Waals surface area contributed by atoms with E-state index in [0.29, 0.717) is 11.8 Å². The zero-order chi connectivity index (χ0) is 18.7. The Morgan fingerprint density at radius 3 is 2.12 bits per heavy atom. The van der Waals surface area contributed by atoms with Crippen molar-refractivity contribution in [3.8, 4) is 0 Å². The van der Waals surface area contributed by atoms with Gasteiger partial charge in [0.05, 0.1) is 0 Å². The number of piperidine rings is 1. The van der Waals surface area contributed by atoms with Crippen LogP contribution in [0.3, 0.4) is 0 Å². The van der Waals surface area contributed by atoms with Gasteiger partial charge in [0.15, 0.2) is 0 Å². The van der Waals surface area contributed by atoms with E-state index >= 15 is 0 Å². The fourth-order valence-electron chi connectivity index (χ4n) is 4.42. The number of hydrogen-bond acceptors (Lipinski definition) is 3. The first-order chi connectivity index (χ1) is 11.6.